The number of nitrogens with zero attached hydrogens (tertiary/aromatic N) is 2. The third-order valence-electron chi connectivity index (χ3n) is 4.94. The largest absolute Gasteiger partial charge is 0.497 e. The maximum Gasteiger partial charge on any atom is 0.256 e. The molecule has 0 bridgehead atoms. The van der Waals surface area contributed by atoms with Crippen LogP contribution in [0.4, 0.5) is 11.5 Å². The first-order chi connectivity index (χ1) is 15.7. The smallest absolute Gasteiger partial charge is 0.256 e. The van der Waals surface area contributed by atoms with Crippen LogP contribution >= 0.6 is 0 Å². The zero-order chi connectivity index (χ0) is 22.2. The van der Waals surface area contributed by atoms with E-state index < -0.39 is 0 Å². The van der Waals surface area contributed by atoms with Gasteiger partial charge in [-0.25, -0.2) is 9.97 Å². The van der Waals surface area contributed by atoms with Crippen LogP contribution in [0.2, 0.25) is 0 Å². The molecule has 0 aliphatic heterocycles. The van der Waals surface area contributed by atoms with Crippen LogP contribution in [0.15, 0.2) is 91.1 Å². The highest BCUT2D eigenvalue weighted by Crippen LogP contribution is 2.25. The summed E-state index contributed by atoms with van der Waals surface area (Å²) in [5.41, 5.74) is 3.18. The fourth-order valence-corrected chi connectivity index (χ4v) is 3.27. The molecule has 6 nitrogen and oxygen atoms in total. The standard InChI is InChI=1S/C26H24N4O2/c1-32-22-14-8-13-21(17-22)29-25-23(18-28-24(30-25)20-11-6-3-7-12-20)26(31)27-16-15-19-9-4-2-5-10-19/h2-14,17-18H,15-16H2,1H3,(H,27,31)(H,28,29,30). The number of benzene rings is 3. The van der Waals surface area contributed by atoms with Crippen molar-refractivity contribution in [2.45, 2.75) is 6.42 Å². The minimum absolute atomic E-state index is 0.231. The molecular formula is C26H24N4O2. The van der Waals surface area contributed by atoms with Crippen molar-refractivity contribution in [3.8, 4) is 17.1 Å². The van der Waals surface area contributed by atoms with E-state index in [4.69, 9.17) is 4.74 Å². The molecule has 0 unspecified atom stereocenters. The zero-order valence-electron chi connectivity index (χ0n) is 17.8. The normalized spacial score (nSPS) is 10.4. The lowest BCUT2D eigenvalue weighted by atomic mass is 10.1. The van der Waals surface area contributed by atoms with E-state index in [1.54, 1.807) is 13.3 Å². The number of rotatable bonds is 8. The topological polar surface area (TPSA) is 76.1 Å². The second-order valence-electron chi connectivity index (χ2n) is 7.17. The summed E-state index contributed by atoms with van der Waals surface area (Å²) in [6.45, 7) is 0.516. The van der Waals surface area contributed by atoms with Gasteiger partial charge >= 0.3 is 0 Å². The molecule has 32 heavy (non-hydrogen) atoms. The lowest BCUT2D eigenvalue weighted by Gasteiger charge is -2.13. The molecule has 0 aliphatic rings. The molecule has 0 aliphatic carbocycles. The predicted molar refractivity (Wildman–Crippen MR) is 126 cm³/mol. The van der Waals surface area contributed by atoms with Gasteiger partial charge in [0.25, 0.3) is 5.91 Å². The van der Waals surface area contributed by atoms with Gasteiger partial charge in [-0.2, -0.15) is 0 Å². The van der Waals surface area contributed by atoms with Gasteiger partial charge in [0, 0.05) is 30.1 Å². The van der Waals surface area contributed by atoms with Gasteiger partial charge < -0.3 is 15.4 Å². The molecular weight excluding hydrogens is 400 g/mol. The van der Waals surface area contributed by atoms with Gasteiger partial charge in [0.1, 0.15) is 17.1 Å². The van der Waals surface area contributed by atoms with Crippen LogP contribution in [0.3, 0.4) is 0 Å². The number of carbonyl (C=O) groups excluding carboxylic acids is 1. The van der Waals surface area contributed by atoms with Gasteiger partial charge in [-0.05, 0) is 24.1 Å². The Bertz CT molecular complexity index is 1180. The van der Waals surface area contributed by atoms with Crippen LogP contribution in [0, 0.1) is 0 Å². The summed E-state index contributed by atoms with van der Waals surface area (Å²) in [6.07, 6.45) is 2.31. The summed E-state index contributed by atoms with van der Waals surface area (Å²) in [7, 11) is 1.61. The lowest BCUT2D eigenvalue weighted by Crippen LogP contribution is -2.27. The number of hydrogen-bond donors (Lipinski definition) is 2. The molecule has 3 aromatic carbocycles. The summed E-state index contributed by atoms with van der Waals surface area (Å²) < 4.78 is 5.31. The maximum absolute atomic E-state index is 13.0. The molecule has 4 rings (SSSR count). The molecule has 0 spiro atoms. The zero-order valence-corrected chi connectivity index (χ0v) is 17.8. The Balaban J connectivity index is 1.58. The lowest BCUT2D eigenvalue weighted by molar-refractivity contribution is 0.0954. The first kappa shape index (κ1) is 21.1. The number of amides is 1. The number of methoxy groups -OCH3 is 1. The number of aromatic nitrogens is 2. The Hall–Kier alpha value is -4.19. The third kappa shape index (κ3) is 5.29. The molecule has 1 aromatic heterocycles. The van der Waals surface area contributed by atoms with Crippen molar-refractivity contribution in [1.82, 2.24) is 15.3 Å². The van der Waals surface area contributed by atoms with E-state index in [-0.39, 0.29) is 5.91 Å². The van der Waals surface area contributed by atoms with E-state index in [1.807, 2.05) is 84.9 Å². The van der Waals surface area contributed by atoms with Crippen LogP contribution in [0.1, 0.15) is 15.9 Å². The van der Waals surface area contributed by atoms with Crippen molar-refractivity contribution in [3.63, 3.8) is 0 Å². The first-order valence-corrected chi connectivity index (χ1v) is 10.4. The molecule has 2 N–H and O–H groups in total. The van der Waals surface area contributed by atoms with Crippen molar-refractivity contribution in [2.24, 2.45) is 0 Å². The van der Waals surface area contributed by atoms with E-state index in [9.17, 15) is 4.79 Å². The second kappa shape index (κ2) is 10.2. The van der Waals surface area contributed by atoms with Crippen LogP contribution in [0.5, 0.6) is 5.75 Å². The van der Waals surface area contributed by atoms with Gasteiger partial charge in [-0.1, -0.05) is 66.7 Å². The summed E-state index contributed by atoms with van der Waals surface area (Å²) in [6, 6.07) is 27.2. The predicted octanol–water partition coefficient (Wildman–Crippen LogP) is 4.87. The van der Waals surface area contributed by atoms with Gasteiger partial charge in [-0.15, -0.1) is 0 Å². The molecule has 0 atom stereocenters. The van der Waals surface area contributed by atoms with Crippen LogP contribution in [-0.2, 0) is 6.42 Å². The number of ether oxygens (including phenoxy) is 1. The fourth-order valence-electron chi connectivity index (χ4n) is 3.27. The van der Waals surface area contributed by atoms with Crippen LogP contribution in [0.25, 0.3) is 11.4 Å². The molecule has 160 valence electrons. The monoisotopic (exact) mass is 424 g/mol. The van der Waals surface area contributed by atoms with E-state index in [0.717, 1.165) is 17.7 Å². The minimum atomic E-state index is -0.231. The molecule has 0 fully saturated rings. The van der Waals surface area contributed by atoms with Crippen molar-refractivity contribution in [2.75, 3.05) is 19.0 Å². The summed E-state index contributed by atoms with van der Waals surface area (Å²) in [5, 5.41) is 6.23. The maximum atomic E-state index is 13.0. The van der Waals surface area contributed by atoms with E-state index in [0.29, 0.717) is 29.5 Å². The SMILES string of the molecule is COc1cccc(Nc2nc(-c3ccccc3)ncc2C(=O)NCCc2ccccc2)c1. The minimum Gasteiger partial charge on any atom is -0.497 e. The van der Waals surface area contributed by atoms with Gasteiger partial charge in [-0.3, -0.25) is 4.79 Å². The quantitative estimate of drug-likeness (QED) is 0.422. The average Bonchev–Trinajstić information content (AvgIpc) is 2.85. The van der Waals surface area contributed by atoms with E-state index in [1.165, 1.54) is 5.56 Å². The second-order valence-corrected chi connectivity index (χ2v) is 7.17. The average molecular weight is 425 g/mol. The molecule has 1 amide bonds. The van der Waals surface area contributed by atoms with E-state index >= 15 is 0 Å². The third-order valence-corrected chi connectivity index (χ3v) is 4.94. The van der Waals surface area contributed by atoms with Crippen LogP contribution < -0.4 is 15.4 Å². The molecule has 1 heterocycles. The Kier molecular flexibility index (Phi) is 6.72. The molecule has 0 saturated carbocycles. The molecule has 6 heteroatoms. The Morgan fingerprint density at radius 2 is 1.69 bits per heavy atom. The van der Waals surface area contributed by atoms with Crippen LogP contribution in [-0.4, -0.2) is 29.5 Å². The molecule has 4 aromatic rings. The van der Waals surface area contributed by atoms with Gasteiger partial charge in [0.05, 0.1) is 7.11 Å². The van der Waals surface area contributed by atoms with Gasteiger partial charge in [0.15, 0.2) is 5.82 Å². The number of carbonyl (C=O) groups is 1. The fraction of sp³-hybridized carbons (Fsp3) is 0.115. The summed E-state index contributed by atoms with van der Waals surface area (Å²) in [4.78, 5) is 22.1. The Labute approximate surface area is 187 Å². The summed E-state index contributed by atoms with van der Waals surface area (Å²) in [5.74, 6) is 1.45. The van der Waals surface area contributed by atoms with Crippen molar-refractivity contribution < 1.29 is 9.53 Å². The number of hydrogen-bond acceptors (Lipinski definition) is 5. The first-order valence-electron chi connectivity index (χ1n) is 10.4. The highest BCUT2D eigenvalue weighted by molar-refractivity contribution is 5.99. The van der Waals surface area contributed by atoms with Crippen molar-refractivity contribution in [3.05, 3.63) is 102 Å². The number of anilines is 2. The number of nitrogens with one attached hydrogen (secondary N) is 2. The Morgan fingerprint density at radius 1 is 0.938 bits per heavy atom. The van der Waals surface area contributed by atoms with Crippen molar-refractivity contribution >= 4 is 17.4 Å². The summed E-state index contributed by atoms with van der Waals surface area (Å²) >= 11 is 0. The Morgan fingerprint density at radius 3 is 2.44 bits per heavy atom. The highest BCUT2D eigenvalue weighted by atomic mass is 16.5. The molecule has 0 saturated heterocycles. The van der Waals surface area contributed by atoms with E-state index in [2.05, 4.69) is 20.6 Å². The highest BCUT2D eigenvalue weighted by Gasteiger charge is 2.16. The van der Waals surface area contributed by atoms with Gasteiger partial charge in [0.2, 0.25) is 0 Å². The molecule has 0 radical (unpaired) electrons. The van der Waals surface area contributed by atoms with Crippen molar-refractivity contribution in [1.29, 1.82) is 0 Å².